The van der Waals surface area contributed by atoms with Crippen molar-refractivity contribution in [2.24, 2.45) is 0 Å². The minimum absolute atomic E-state index is 0.0287. The molecule has 2 aromatic carbocycles. The van der Waals surface area contributed by atoms with Crippen LogP contribution in [0.2, 0.25) is 0 Å². The summed E-state index contributed by atoms with van der Waals surface area (Å²) in [7, 11) is 1.62. The molecule has 5 heteroatoms. The fourth-order valence-corrected chi connectivity index (χ4v) is 3.35. The molecular weight excluding hydrogens is 356 g/mol. The van der Waals surface area contributed by atoms with Crippen molar-refractivity contribution in [3.05, 3.63) is 65.7 Å². The fourth-order valence-electron chi connectivity index (χ4n) is 3.35. The summed E-state index contributed by atoms with van der Waals surface area (Å²) in [5, 5.41) is 10.2. The Labute approximate surface area is 166 Å². The second-order valence-corrected chi connectivity index (χ2v) is 7.15. The molecule has 1 saturated heterocycles. The number of aryl methyl sites for hydroxylation is 1. The predicted octanol–water partition coefficient (Wildman–Crippen LogP) is 3.84. The molecule has 28 heavy (non-hydrogen) atoms. The first-order chi connectivity index (χ1) is 13.6. The van der Waals surface area contributed by atoms with E-state index >= 15 is 0 Å². The van der Waals surface area contributed by atoms with Crippen molar-refractivity contribution >= 4 is 5.78 Å². The van der Waals surface area contributed by atoms with Gasteiger partial charge in [0.2, 0.25) is 0 Å². The lowest BCUT2D eigenvalue weighted by molar-refractivity contribution is -0.217. The highest BCUT2D eigenvalue weighted by atomic mass is 16.7. The highest BCUT2D eigenvalue weighted by Crippen LogP contribution is 2.29. The third-order valence-electron chi connectivity index (χ3n) is 4.94. The van der Waals surface area contributed by atoms with Gasteiger partial charge in [0.15, 0.2) is 6.29 Å². The van der Waals surface area contributed by atoms with Gasteiger partial charge in [-0.15, -0.1) is 0 Å². The summed E-state index contributed by atoms with van der Waals surface area (Å²) >= 11 is 0. The van der Waals surface area contributed by atoms with Gasteiger partial charge in [-0.05, 0) is 37.0 Å². The minimum Gasteiger partial charge on any atom is -0.497 e. The quantitative estimate of drug-likeness (QED) is 0.712. The first kappa shape index (κ1) is 20.5. The number of carbonyl (C=O) groups excluding carboxylic acids is 1. The van der Waals surface area contributed by atoms with E-state index in [4.69, 9.17) is 14.2 Å². The van der Waals surface area contributed by atoms with Crippen LogP contribution in [0.3, 0.4) is 0 Å². The molecule has 3 atom stereocenters. The average molecular weight is 384 g/mol. The van der Waals surface area contributed by atoms with Crippen molar-refractivity contribution in [3.63, 3.8) is 0 Å². The monoisotopic (exact) mass is 384 g/mol. The number of hydrogen-bond donors (Lipinski definition) is 1. The third kappa shape index (κ3) is 6.16. The van der Waals surface area contributed by atoms with Gasteiger partial charge < -0.3 is 19.3 Å². The molecule has 0 amide bonds. The third-order valence-corrected chi connectivity index (χ3v) is 4.94. The standard InChI is InChI=1S/C23H28O5/c1-26-21-11-8-18(9-12-21)23-27-14-13-22(28-23)16-20(25)15-19(24)10-7-17-5-3-2-4-6-17/h2-6,8-9,11-12,19,22-24H,7,10,13-16H2,1H3/t19-,22-,23-/m1/s1. The maximum Gasteiger partial charge on any atom is 0.184 e. The number of ketones is 1. The maximum atomic E-state index is 12.4. The molecule has 0 aromatic heterocycles. The van der Waals surface area contributed by atoms with E-state index in [9.17, 15) is 9.90 Å². The number of ether oxygens (including phenoxy) is 3. The van der Waals surface area contributed by atoms with Gasteiger partial charge in [-0.2, -0.15) is 0 Å². The normalized spacial score (nSPS) is 20.5. The summed E-state index contributed by atoms with van der Waals surface area (Å²) < 4.78 is 16.8. The molecule has 1 aliphatic rings. The zero-order chi connectivity index (χ0) is 19.8. The molecule has 0 spiro atoms. The Morgan fingerprint density at radius 2 is 1.93 bits per heavy atom. The average Bonchev–Trinajstić information content (AvgIpc) is 2.73. The molecule has 0 radical (unpaired) electrons. The highest BCUT2D eigenvalue weighted by Gasteiger charge is 2.26. The Kier molecular flexibility index (Phi) is 7.60. The smallest absolute Gasteiger partial charge is 0.184 e. The van der Waals surface area contributed by atoms with E-state index < -0.39 is 12.4 Å². The number of methoxy groups -OCH3 is 1. The van der Waals surface area contributed by atoms with Gasteiger partial charge in [0, 0.05) is 18.4 Å². The van der Waals surface area contributed by atoms with Crippen molar-refractivity contribution in [2.75, 3.05) is 13.7 Å². The molecule has 2 aromatic rings. The van der Waals surface area contributed by atoms with Gasteiger partial charge in [-0.1, -0.05) is 42.5 Å². The molecular formula is C23H28O5. The highest BCUT2D eigenvalue weighted by molar-refractivity contribution is 5.79. The fraction of sp³-hybridized carbons (Fsp3) is 0.435. The predicted molar refractivity (Wildman–Crippen MR) is 106 cm³/mol. The van der Waals surface area contributed by atoms with Gasteiger partial charge in [0.1, 0.15) is 11.5 Å². The molecule has 150 valence electrons. The number of benzene rings is 2. The Morgan fingerprint density at radius 1 is 1.18 bits per heavy atom. The van der Waals surface area contributed by atoms with Crippen LogP contribution in [-0.2, 0) is 20.7 Å². The van der Waals surface area contributed by atoms with Crippen molar-refractivity contribution < 1.29 is 24.1 Å². The van der Waals surface area contributed by atoms with Crippen LogP contribution in [0, 0.1) is 0 Å². The van der Waals surface area contributed by atoms with Crippen molar-refractivity contribution in [1.82, 2.24) is 0 Å². The lowest BCUT2D eigenvalue weighted by Crippen LogP contribution is -2.30. The topological polar surface area (TPSA) is 65.0 Å². The number of Topliss-reactive ketones (excluding diaryl/α,β-unsaturated/α-hetero) is 1. The van der Waals surface area contributed by atoms with Crippen LogP contribution in [0.25, 0.3) is 0 Å². The molecule has 1 N–H and O–H groups in total. The second kappa shape index (κ2) is 10.4. The Bertz CT molecular complexity index is 728. The molecule has 3 rings (SSSR count). The SMILES string of the molecule is COc1ccc([C@@H]2OCC[C@H](CC(=O)C[C@H](O)CCc3ccccc3)O2)cc1. The van der Waals surface area contributed by atoms with Crippen LogP contribution >= 0.6 is 0 Å². The van der Waals surface area contributed by atoms with E-state index in [1.807, 2.05) is 54.6 Å². The van der Waals surface area contributed by atoms with Crippen LogP contribution in [0.5, 0.6) is 5.75 Å². The van der Waals surface area contributed by atoms with Gasteiger partial charge in [-0.3, -0.25) is 4.79 Å². The Hall–Kier alpha value is -2.21. The Balaban J connectivity index is 1.44. The second-order valence-electron chi connectivity index (χ2n) is 7.15. The summed E-state index contributed by atoms with van der Waals surface area (Å²) in [6.07, 6.45) is 1.22. The van der Waals surface area contributed by atoms with Gasteiger partial charge >= 0.3 is 0 Å². The minimum atomic E-state index is -0.620. The number of aliphatic hydroxyl groups is 1. The van der Waals surface area contributed by atoms with Gasteiger partial charge in [0.05, 0.1) is 25.9 Å². The van der Waals surface area contributed by atoms with E-state index in [1.54, 1.807) is 7.11 Å². The van der Waals surface area contributed by atoms with Crippen LogP contribution in [-0.4, -0.2) is 36.8 Å². The van der Waals surface area contributed by atoms with Crippen LogP contribution in [0.1, 0.15) is 43.1 Å². The van der Waals surface area contributed by atoms with Crippen LogP contribution in [0.15, 0.2) is 54.6 Å². The molecule has 1 heterocycles. The molecule has 0 unspecified atom stereocenters. The number of rotatable bonds is 9. The number of carbonyl (C=O) groups is 1. The first-order valence-electron chi connectivity index (χ1n) is 9.78. The van der Waals surface area contributed by atoms with Crippen LogP contribution < -0.4 is 4.74 Å². The summed E-state index contributed by atoms with van der Waals surface area (Å²) in [5.41, 5.74) is 2.07. The van der Waals surface area contributed by atoms with E-state index in [0.29, 0.717) is 25.9 Å². The van der Waals surface area contributed by atoms with E-state index in [-0.39, 0.29) is 18.3 Å². The molecule has 5 nitrogen and oxygen atoms in total. The zero-order valence-corrected chi connectivity index (χ0v) is 16.3. The first-order valence-corrected chi connectivity index (χ1v) is 9.78. The van der Waals surface area contributed by atoms with Crippen molar-refractivity contribution in [2.45, 2.75) is 50.6 Å². The lowest BCUT2D eigenvalue weighted by Gasteiger charge is -2.30. The molecule has 1 fully saturated rings. The molecule has 0 aliphatic carbocycles. The lowest BCUT2D eigenvalue weighted by atomic mass is 10.00. The molecule has 0 saturated carbocycles. The van der Waals surface area contributed by atoms with Crippen molar-refractivity contribution in [1.29, 1.82) is 0 Å². The largest absolute Gasteiger partial charge is 0.497 e. The van der Waals surface area contributed by atoms with E-state index in [2.05, 4.69) is 0 Å². The molecule has 0 bridgehead atoms. The van der Waals surface area contributed by atoms with Gasteiger partial charge in [-0.25, -0.2) is 0 Å². The maximum absolute atomic E-state index is 12.4. The summed E-state index contributed by atoms with van der Waals surface area (Å²) in [4.78, 5) is 12.4. The summed E-state index contributed by atoms with van der Waals surface area (Å²) in [5.74, 6) is 0.803. The number of hydrogen-bond acceptors (Lipinski definition) is 5. The number of aliphatic hydroxyl groups excluding tert-OH is 1. The van der Waals surface area contributed by atoms with E-state index in [0.717, 1.165) is 17.7 Å². The zero-order valence-electron chi connectivity index (χ0n) is 16.3. The van der Waals surface area contributed by atoms with Gasteiger partial charge in [0.25, 0.3) is 0 Å². The van der Waals surface area contributed by atoms with Crippen molar-refractivity contribution in [3.8, 4) is 5.75 Å². The van der Waals surface area contributed by atoms with Crippen LogP contribution in [0.4, 0.5) is 0 Å². The summed E-state index contributed by atoms with van der Waals surface area (Å²) in [6.45, 7) is 0.547. The van der Waals surface area contributed by atoms with E-state index in [1.165, 1.54) is 5.56 Å². The summed E-state index contributed by atoms with van der Waals surface area (Å²) in [6, 6.07) is 17.5. The Morgan fingerprint density at radius 3 is 2.64 bits per heavy atom. The molecule has 1 aliphatic heterocycles.